The number of rotatable bonds is 6. The summed E-state index contributed by atoms with van der Waals surface area (Å²) in [5, 5.41) is 4.37. The molecule has 4 rings (SSSR count). The number of sulfonamides is 1. The molecular formula is C20H23N5O2S. The van der Waals surface area contributed by atoms with Gasteiger partial charge >= 0.3 is 0 Å². The number of anilines is 2. The normalized spacial score (nSPS) is 15.0. The zero-order valence-corrected chi connectivity index (χ0v) is 16.7. The van der Waals surface area contributed by atoms with Crippen molar-refractivity contribution >= 4 is 38.4 Å². The Kier molecular flexibility index (Phi) is 4.80. The van der Waals surface area contributed by atoms with E-state index in [2.05, 4.69) is 25.0 Å². The maximum absolute atomic E-state index is 11.8. The molecule has 2 aromatic heterocycles. The Bertz CT molecular complexity index is 1130. The molecule has 0 bridgehead atoms. The number of benzene rings is 1. The lowest BCUT2D eigenvalue weighted by Crippen LogP contribution is -2.15. The molecule has 28 heavy (non-hydrogen) atoms. The van der Waals surface area contributed by atoms with Crippen LogP contribution in [0.4, 0.5) is 11.5 Å². The van der Waals surface area contributed by atoms with Crippen LogP contribution in [0.25, 0.3) is 22.2 Å². The van der Waals surface area contributed by atoms with Crippen molar-refractivity contribution in [3.05, 3.63) is 42.6 Å². The van der Waals surface area contributed by atoms with E-state index < -0.39 is 10.0 Å². The number of hydrogen-bond donors (Lipinski definition) is 3. The number of aromatic nitrogens is 2. The molecule has 0 spiro atoms. The van der Waals surface area contributed by atoms with Crippen LogP contribution in [0.1, 0.15) is 19.8 Å². The van der Waals surface area contributed by atoms with Gasteiger partial charge in [0.15, 0.2) is 0 Å². The molecule has 0 unspecified atom stereocenters. The van der Waals surface area contributed by atoms with E-state index in [1.807, 2.05) is 30.5 Å². The van der Waals surface area contributed by atoms with Crippen LogP contribution in [0.15, 0.2) is 47.6 Å². The molecule has 1 saturated carbocycles. The SMILES string of the molecule is CCS(=O)(=O)Nc1ccc(-c2cc(NC(=NC)C3CC3)nc3[nH]ccc23)cc1. The number of hydrogen-bond acceptors (Lipinski definition) is 4. The van der Waals surface area contributed by atoms with Crippen molar-refractivity contribution < 1.29 is 8.42 Å². The number of nitrogens with one attached hydrogen (secondary N) is 3. The Balaban J connectivity index is 1.68. The van der Waals surface area contributed by atoms with E-state index in [4.69, 9.17) is 0 Å². The molecule has 0 saturated heterocycles. The summed E-state index contributed by atoms with van der Waals surface area (Å²) in [6.45, 7) is 1.61. The van der Waals surface area contributed by atoms with Gasteiger partial charge in [-0.15, -0.1) is 0 Å². The van der Waals surface area contributed by atoms with Crippen molar-refractivity contribution in [2.75, 3.05) is 22.8 Å². The fraction of sp³-hybridized carbons (Fsp3) is 0.300. The first kappa shape index (κ1) is 18.5. The standard InChI is InChI=1S/C20H23N5O2S/c1-3-28(26,27)25-15-8-6-13(7-9-15)17-12-18(23-19(21-2)14-4-5-14)24-20-16(17)10-11-22-20/h6-12,14,25H,3-5H2,1-2H3,(H2,21,22,23,24). The summed E-state index contributed by atoms with van der Waals surface area (Å²) in [4.78, 5) is 12.2. The zero-order chi connectivity index (χ0) is 19.7. The summed E-state index contributed by atoms with van der Waals surface area (Å²) in [5.41, 5.74) is 3.35. The van der Waals surface area contributed by atoms with Gasteiger partial charge < -0.3 is 10.3 Å². The van der Waals surface area contributed by atoms with Crippen molar-refractivity contribution in [2.24, 2.45) is 10.9 Å². The van der Waals surface area contributed by atoms with Crippen molar-refractivity contribution in [2.45, 2.75) is 19.8 Å². The van der Waals surface area contributed by atoms with Gasteiger partial charge in [-0.1, -0.05) is 12.1 Å². The third-order valence-corrected chi connectivity index (χ3v) is 6.15. The molecule has 1 aliphatic carbocycles. The highest BCUT2D eigenvalue weighted by Crippen LogP contribution is 2.33. The number of fused-ring (bicyclic) bond motifs is 1. The van der Waals surface area contributed by atoms with Gasteiger partial charge in [0.2, 0.25) is 10.0 Å². The van der Waals surface area contributed by atoms with E-state index >= 15 is 0 Å². The smallest absolute Gasteiger partial charge is 0.232 e. The highest BCUT2D eigenvalue weighted by Gasteiger charge is 2.27. The molecule has 8 heteroatoms. The highest BCUT2D eigenvalue weighted by molar-refractivity contribution is 7.92. The van der Waals surface area contributed by atoms with Crippen molar-refractivity contribution in [3.8, 4) is 11.1 Å². The third kappa shape index (κ3) is 3.87. The highest BCUT2D eigenvalue weighted by atomic mass is 32.2. The van der Waals surface area contributed by atoms with E-state index in [1.165, 1.54) is 0 Å². The molecular weight excluding hydrogens is 374 g/mol. The number of aromatic amines is 1. The predicted octanol–water partition coefficient (Wildman–Crippen LogP) is 3.84. The van der Waals surface area contributed by atoms with Gasteiger partial charge in [-0.3, -0.25) is 9.71 Å². The second-order valence-electron chi connectivity index (χ2n) is 6.89. The van der Waals surface area contributed by atoms with Crippen LogP contribution in [-0.2, 0) is 10.0 Å². The van der Waals surface area contributed by atoms with E-state index in [0.29, 0.717) is 11.6 Å². The summed E-state index contributed by atoms with van der Waals surface area (Å²) >= 11 is 0. The topological polar surface area (TPSA) is 99.2 Å². The Morgan fingerprint density at radius 2 is 2.00 bits per heavy atom. The van der Waals surface area contributed by atoms with Crippen LogP contribution < -0.4 is 10.0 Å². The first-order chi connectivity index (χ1) is 13.5. The zero-order valence-electron chi connectivity index (χ0n) is 15.9. The van der Waals surface area contributed by atoms with E-state index in [9.17, 15) is 8.42 Å². The largest absolute Gasteiger partial charge is 0.346 e. The lowest BCUT2D eigenvalue weighted by molar-refractivity contribution is 0.602. The predicted molar refractivity (Wildman–Crippen MR) is 114 cm³/mol. The maximum Gasteiger partial charge on any atom is 0.232 e. The van der Waals surface area contributed by atoms with Crippen LogP contribution in [-0.4, -0.2) is 37.0 Å². The van der Waals surface area contributed by atoms with E-state index in [1.54, 1.807) is 26.1 Å². The molecule has 7 nitrogen and oxygen atoms in total. The Labute approximate surface area is 164 Å². The minimum Gasteiger partial charge on any atom is -0.346 e. The fourth-order valence-electron chi connectivity index (χ4n) is 3.14. The molecule has 1 aromatic carbocycles. The lowest BCUT2D eigenvalue weighted by atomic mass is 10.0. The summed E-state index contributed by atoms with van der Waals surface area (Å²) in [6, 6.07) is 11.4. The Morgan fingerprint density at radius 1 is 1.25 bits per heavy atom. The first-order valence-corrected chi connectivity index (χ1v) is 11.0. The minimum atomic E-state index is -3.29. The Hall–Kier alpha value is -2.87. The molecule has 0 amide bonds. The van der Waals surface area contributed by atoms with Gasteiger partial charge in [-0.2, -0.15) is 0 Å². The van der Waals surface area contributed by atoms with Gasteiger partial charge in [0.25, 0.3) is 0 Å². The van der Waals surface area contributed by atoms with Gasteiger partial charge in [-0.05, 0) is 55.2 Å². The molecule has 1 fully saturated rings. The lowest BCUT2D eigenvalue weighted by Gasteiger charge is -2.12. The van der Waals surface area contributed by atoms with Crippen LogP contribution in [0.2, 0.25) is 0 Å². The number of nitrogens with zero attached hydrogens (tertiary/aromatic N) is 2. The molecule has 0 aliphatic heterocycles. The van der Waals surface area contributed by atoms with Crippen molar-refractivity contribution in [1.82, 2.24) is 9.97 Å². The number of H-pyrrole nitrogens is 1. The second kappa shape index (κ2) is 7.27. The van der Waals surface area contributed by atoms with Crippen molar-refractivity contribution in [1.29, 1.82) is 0 Å². The average Bonchev–Trinajstić information content (AvgIpc) is 3.43. The average molecular weight is 398 g/mol. The fourth-order valence-corrected chi connectivity index (χ4v) is 3.78. The van der Waals surface area contributed by atoms with Gasteiger partial charge in [-0.25, -0.2) is 13.4 Å². The second-order valence-corrected chi connectivity index (χ2v) is 8.90. The quantitative estimate of drug-likeness (QED) is 0.435. The Morgan fingerprint density at radius 3 is 2.64 bits per heavy atom. The molecule has 2 heterocycles. The van der Waals surface area contributed by atoms with Crippen LogP contribution in [0.5, 0.6) is 0 Å². The summed E-state index contributed by atoms with van der Waals surface area (Å²) in [5.74, 6) is 2.25. The molecule has 3 N–H and O–H groups in total. The monoisotopic (exact) mass is 397 g/mol. The summed E-state index contributed by atoms with van der Waals surface area (Å²) in [6.07, 6.45) is 4.18. The number of aliphatic imine (C=N–C) groups is 1. The van der Waals surface area contributed by atoms with Crippen LogP contribution in [0, 0.1) is 5.92 Å². The number of pyridine rings is 1. The van der Waals surface area contributed by atoms with Gasteiger partial charge in [0.05, 0.1) is 5.75 Å². The third-order valence-electron chi connectivity index (χ3n) is 4.84. The van der Waals surface area contributed by atoms with Crippen LogP contribution >= 0.6 is 0 Å². The molecule has 146 valence electrons. The van der Waals surface area contributed by atoms with E-state index in [0.717, 1.165) is 46.7 Å². The van der Waals surface area contributed by atoms with Crippen LogP contribution in [0.3, 0.4) is 0 Å². The molecule has 3 aromatic rings. The van der Waals surface area contributed by atoms with Crippen molar-refractivity contribution in [3.63, 3.8) is 0 Å². The first-order valence-electron chi connectivity index (χ1n) is 9.32. The number of amidine groups is 1. The molecule has 1 aliphatic rings. The van der Waals surface area contributed by atoms with Gasteiger partial charge in [0, 0.05) is 30.2 Å². The minimum absolute atomic E-state index is 0.0421. The van der Waals surface area contributed by atoms with Gasteiger partial charge in [0.1, 0.15) is 17.3 Å². The summed E-state index contributed by atoms with van der Waals surface area (Å²) < 4.78 is 26.1. The molecule has 0 radical (unpaired) electrons. The summed E-state index contributed by atoms with van der Waals surface area (Å²) in [7, 11) is -1.49. The molecule has 0 atom stereocenters. The maximum atomic E-state index is 11.8. The van der Waals surface area contributed by atoms with E-state index in [-0.39, 0.29) is 5.75 Å².